The van der Waals surface area contributed by atoms with Gasteiger partial charge in [0.1, 0.15) is 0 Å². The molecule has 0 saturated carbocycles. The summed E-state index contributed by atoms with van der Waals surface area (Å²) in [6.07, 6.45) is 0.390. The Balaban J connectivity index is 4.70. The van der Waals surface area contributed by atoms with Crippen LogP contribution in [0.1, 0.15) is 34.1 Å². The van der Waals surface area contributed by atoms with Crippen LogP contribution in [0.25, 0.3) is 0 Å². The van der Waals surface area contributed by atoms with Crippen LogP contribution >= 0.6 is 0 Å². The molecule has 16 heavy (non-hydrogen) atoms. The van der Waals surface area contributed by atoms with Gasteiger partial charge in [0.15, 0.2) is 5.84 Å². The van der Waals surface area contributed by atoms with Crippen LogP contribution in [0.3, 0.4) is 0 Å². The van der Waals surface area contributed by atoms with Crippen molar-refractivity contribution in [2.45, 2.75) is 45.7 Å². The van der Waals surface area contributed by atoms with Gasteiger partial charge < -0.3 is 10.9 Å². The number of oxime groups is 1. The monoisotopic (exact) mass is 252 g/mol. The summed E-state index contributed by atoms with van der Waals surface area (Å²) in [6, 6.07) is -0.718. The highest BCUT2D eigenvalue weighted by Gasteiger charge is 2.24. The van der Waals surface area contributed by atoms with Crippen molar-refractivity contribution in [1.82, 2.24) is 9.44 Å². The maximum atomic E-state index is 11.6. The predicted molar refractivity (Wildman–Crippen MR) is 62.4 cm³/mol. The standard InChI is InChI=1S/C8H20N4O3S/c1-5-6(7(9)10-13)11-16(14,15)12-8(2,3)4/h6,11-13H,5H2,1-4H3,(H2,9,10). The second-order valence-corrected chi connectivity index (χ2v) is 5.91. The summed E-state index contributed by atoms with van der Waals surface area (Å²) < 4.78 is 27.9. The molecule has 96 valence electrons. The van der Waals surface area contributed by atoms with E-state index >= 15 is 0 Å². The molecule has 0 radical (unpaired) electrons. The molecule has 0 aliphatic rings. The minimum Gasteiger partial charge on any atom is -0.409 e. The number of hydrogen-bond donors (Lipinski definition) is 4. The molecule has 1 atom stereocenters. The van der Waals surface area contributed by atoms with Gasteiger partial charge in [-0.15, -0.1) is 0 Å². The summed E-state index contributed by atoms with van der Waals surface area (Å²) in [5, 5.41) is 11.3. The number of nitrogens with one attached hydrogen (secondary N) is 2. The van der Waals surface area contributed by atoms with Crippen LogP contribution in [-0.2, 0) is 10.2 Å². The van der Waals surface area contributed by atoms with Crippen molar-refractivity contribution in [1.29, 1.82) is 0 Å². The normalized spacial score (nSPS) is 16.1. The van der Waals surface area contributed by atoms with Gasteiger partial charge >= 0.3 is 0 Å². The summed E-state index contributed by atoms with van der Waals surface area (Å²) in [7, 11) is -3.68. The van der Waals surface area contributed by atoms with E-state index in [0.29, 0.717) is 6.42 Å². The summed E-state index contributed by atoms with van der Waals surface area (Å²) in [5.41, 5.74) is 4.76. The van der Waals surface area contributed by atoms with Crippen LogP contribution in [0.5, 0.6) is 0 Å². The SMILES string of the molecule is CCC(NS(=O)(=O)NC(C)(C)C)C(N)=NO. The summed E-state index contributed by atoms with van der Waals surface area (Å²) in [4.78, 5) is 0. The molecule has 0 aromatic heterocycles. The zero-order chi connectivity index (χ0) is 13.0. The Kier molecular flexibility index (Phi) is 5.17. The second kappa shape index (κ2) is 5.46. The highest BCUT2D eigenvalue weighted by molar-refractivity contribution is 7.87. The molecule has 8 heteroatoms. The molecule has 5 N–H and O–H groups in total. The Bertz CT molecular complexity index is 345. The zero-order valence-corrected chi connectivity index (χ0v) is 10.8. The lowest BCUT2D eigenvalue weighted by Crippen LogP contribution is -2.53. The second-order valence-electron chi connectivity index (χ2n) is 4.46. The van der Waals surface area contributed by atoms with Gasteiger partial charge in [-0.25, -0.2) is 0 Å². The van der Waals surface area contributed by atoms with Gasteiger partial charge in [-0.3, -0.25) is 0 Å². The van der Waals surface area contributed by atoms with Crippen LogP contribution in [0, 0.1) is 0 Å². The van der Waals surface area contributed by atoms with Gasteiger partial charge in [-0.1, -0.05) is 12.1 Å². The fourth-order valence-electron chi connectivity index (χ4n) is 1.04. The molecule has 7 nitrogen and oxygen atoms in total. The average Bonchev–Trinajstić information content (AvgIpc) is 2.09. The van der Waals surface area contributed by atoms with Gasteiger partial charge in [0.2, 0.25) is 0 Å². The Morgan fingerprint density at radius 2 is 2.00 bits per heavy atom. The lowest BCUT2D eigenvalue weighted by atomic mass is 10.1. The molecule has 0 rings (SSSR count). The number of nitrogens with two attached hydrogens (primary N) is 1. The van der Waals surface area contributed by atoms with Crippen molar-refractivity contribution in [2.24, 2.45) is 10.9 Å². The van der Waals surface area contributed by atoms with E-state index < -0.39 is 21.8 Å². The first-order valence-corrected chi connectivity index (χ1v) is 6.38. The Morgan fingerprint density at radius 1 is 1.50 bits per heavy atom. The number of amidine groups is 1. The summed E-state index contributed by atoms with van der Waals surface area (Å²) >= 11 is 0. The lowest BCUT2D eigenvalue weighted by molar-refractivity contribution is 0.315. The highest BCUT2D eigenvalue weighted by atomic mass is 32.2. The van der Waals surface area contributed by atoms with Crippen LogP contribution in [0.2, 0.25) is 0 Å². The van der Waals surface area contributed by atoms with Crippen LogP contribution in [0.4, 0.5) is 0 Å². The molecule has 0 saturated heterocycles. The minimum atomic E-state index is -3.68. The fraction of sp³-hybridized carbons (Fsp3) is 0.875. The van der Waals surface area contributed by atoms with Gasteiger partial charge in [0, 0.05) is 5.54 Å². The first kappa shape index (κ1) is 15.1. The van der Waals surface area contributed by atoms with Gasteiger partial charge in [0.05, 0.1) is 6.04 Å². The van der Waals surface area contributed by atoms with Crippen LogP contribution in [-0.4, -0.2) is 31.0 Å². The van der Waals surface area contributed by atoms with Crippen LogP contribution < -0.4 is 15.2 Å². The molecule has 0 fully saturated rings. The molecular weight excluding hydrogens is 232 g/mol. The molecule has 0 spiro atoms. The maximum Gasteiger partial charge on any atom is 0.278 e. The number of hydrogen-bond acceptors (Lipinski definition) is 4. The van der Waals surface area contributed by atoms with E-state index in [9.17, 15) is 8.42 Å². The average molecular weight is 252 g/mol. The molecule has 0 amide bonds. The largest absolute Gasteiger partial charge is 0.409 e. The van der Waals surface area contributed by atoms with E-state index in [-0.39, 0.29) is 5.84 Å². The van der Waals surface area contributed by atoms with E-state index in [4.69, 9.17) is 10.9 Å². The van der Waals surface area contributed by atoms with Gasteiger partial charge in [0.25, 0.3) is 10.2 Å². The van der Waals surface area contributed by atoms with E-state index in [0.717, 1.165) is 0 Å². The van der Waals surface area contributed by atoms with Crippen molar-refractivity contribution >= 4 is 16.0 Å². The zero-order valence-electron chi connectivity index (χ0n) is 9.98. The van der Waals surface area contributed by atoms with Crippen molar-refractivity contribution in [3.05, 3.63) is 0 Å². The Hall–Kier alpha value is -0.860. The molecule has 0 aromatic carbocycles. The number of rotatable bonds is 5. The molecule has 0 heterocycles. The first-order chi connectivity index (χ1) is 7.11. The van der Waals surface area contributed by atoms with E-state index in [1.165, 1.54) is 0 Å². The third kappa shape index (κ3) is 5.89. The molecular formula is C8H20N4O3S. The van der Waals surface area contributed by atoms with Crippen LogP contribution in [0.15, 0.2) is 5.16 Å². The Labute approximate surface area is 96.3 Å². The molecule has 0 aliphatic carbocycles. The molecule has 0 aromatic rings. The fourth-order valence-corrected chi connectivity index (χ4v) is 2.57. The quantitative estimate of drug-likeness (QED) is 0.233. The number of nitrogens with zero attached hydrogens (tertiary/aromatic N) is 1. The first-order valence-electron chi connectivity index (χ1n) is 4.90. The topological polar surface area (TPSA) is 117 Å². The third-order valence-electron chi connectivity index (χ3n) is 1.62. The summed E-state index contributed by atoms with van der Waals surface area (Å²) in [6.45, 7) is 6.88. The molecule has 1 unspecified atom stereocenters. The lowest BCUT2D eigenvalue weighted by Gasteiger charge is -2.23. The van der Waals surface area contributed by atoms with E-state index in [1.807, 2.05) is 0 Å². The van der Waals surface area contributed by atoms with Crippen molar-refractivity contribution in [3.63, 3.8) is 0 Å². The molecule has 0 bridgehead atoms. The third-order valence-corrected chi connectivity index (χ3v) is 3.09. The summed E-state index contributed by atoms with van der Waals surface area (Å²) in [5.74, 6) is -0.165. The maximum absolute atomic E-state index is 11.6. The van der Waals surface area contributed by atoms with E-state index in [1.54, 1.807) is 27.7 Å². The smallest absolute Gasteiger partial charge is 0.278 e. The Morgan fingerprint density at radius 3 is 2.31 bits per heavy atom. The molecule has 0 aliphatic heterocycles. The van der Waals surface area contributed by atoms with E-state index in [2.05, 4.69) is 14.6 Å². The predicted octanol–water partition coefficient (Wildman–Crippen LogP) is -0.266. The minimum absolute atomic E-state index is 0.165. The highest BCUT2D eigenvalue weighted by Crippen LogP contribution is 2.02. The van der Waals surface area contributed by atoms with Crippen molar-refractivity contribution in [2.75, 3.05) is 0 Å². The van der Waals surface area contributed by atoms with Crippen molar-refractivity contribution in [3.8, 4) is 0 Å². The van der Waals surface area contributed by atoms with Crippen molar-refractivity contribution < 1.29 is 13.6 Å². The van der Waals surface area contributed by atoms with Gasteiger partial charge in [-0.2, -0.15) is 17.9 Å². The van der Waals surface area contributed by atoms with Gasteiger partial charge in [-0.05, 0) is 27.2 Å².